The molecule has 0 bridgehead atoms. The highest BCUT2D eigenvalue weighted by molar-refractivity contribution is 5.85. The van der Waals surface area contributed by atoms with E-state index < -0.39 is 0 Å². The summed E-state index contributed by atoms with van der Waals surface area (Å²) in [6.45, 7) is 4.39. The van der Waals surface area contributed by atoms with Crippen LogP contribution < -0.4 is 11.1 Å². The molecule has 0 unspecified atom stereocenters. The summed E-state index contributed by atoms with van der Waals surface area (Å²) in [6, 6.07) is 0.441. The van der Waals surface area contributed by atoms with E-state index in [1.807, 2.05) is 0 Å². The Balaban J connectivity index is 0.000000640. The average molecular weight is 151 g/mol. The number of halogens is 1. The molecule has 3 heteroatoms. The van der Waals surface area contributed by atoms with Crippen molar-refractivity contribution in [1.82, 2.24) is 5.32 Å². The van der Waals surface area contributed by atoms with E-state index in [1.54, 1.807) is 0 Å². The summed E-state index contributed by atoms with van der Waals surface area (Å²) in [6.07, 6.45) is 1.14. The summed E-state index contributed by atoms with van der Waals surface area (Å²) in [5.41, 5.74) is 5.74. The van der Waals surface area contributed by atoms with Gasteiger partial charge in [-0.3, -0.25) is 0 Å². The van der Waals surface area contributed by atoms with Gasteiger partial charge in [0.25, 0.3) is 0 Å². The van der Waals surface area contributed by atoms with Crippen LogP contribution >= 0.6 is 12.4 Å². The Bertz CT molecular complexity index is 67.5. The molecule has 0 aliphatic carbocycles. The van der Waals surface area contributed by atoms with Crippen LogP contribution in [0, 0.1) is 5.92 Å². The van der Waals surface area contributed by atoms with Gasteiger partial charge in [0.1, 0.15) is 0 Å². The molecule has 2 nitrogen and oxygen atoms in total. The lowest BCUT2D eigenvalue weighted by Gasteiger charge is -2.25. The predicted molar refractivity (Wildman–Crippen MR) is 41.9 cm³/mol. The van der Waals surface area contributed by atoms with Crippen LogP contribution in [0.15, 0.2) is 0 Å². The van der Waals surface area contributed by atoms with Gasteiger partial charge in [0.2, 0.25) is 0 Å². The highest BCUT2D eigenvalue weighted by atomic mass is 35.5. The van der Waals surface area contributed by atoms with Gasteiger partial charge in [-0.25, -0.2) is 0 Å². The fourth-order valence-corrected chi connectivity index (χ4v) is 1.03. The second kappa shape index (κ2) is 4.09. The van der Waals surface area contributed by atoms with E-state index in [9.17, 15) is 0 Å². The SMILES string of the molecule is C[C@@H]1CNCC[C@@H]1N.Cl. The van der Waals surface area contributed by atoms with Gasteiger partial charge in [-0.05, 0) is 25.4 Å². The summed E-state index contributed by atoms with van der Waals surface area (Å²) in [4.78, 5) is 0. The monoisotopic (exact) mass is 150 g/mol. The van der Waals surface area contributed by atoms with Crippen LogP contribution in [-0.2, 0) is 0 Å². The van der Waals surface area contributed by atoms with Crippen LogP contribution in [-0.4, -0.2) is 19.1 Å². The molecule has 1 aliphatic rings. The smallest absolute Gasteiger partial charge is 0.00887 e. The number of hydrogen-bond donors (Lipinski definition) is 2. The zero-order valence-electron chi connectivity index (χ0n) is 5.76. The molecule has 1 saturated heterocycles. The van der Waals surface area contributed by atoms with Gasteiger partial charge in [-0.1, -0.05) is 6.92 Å². The molecule has 1 fully saturated rings. The Morgan fingerprint density at radius 2 is 2.22 bits per heavy atom. The van der Waals surface area contributed by atoms with Crippen molar-refractivity contribution in [3.63, 3.8) is 0 Å². The molecular weight excluding hydrogens is 136 g/mol. The summed E-state index contributed by atoms with van der Waals surface area (Å²) >= 11 is 0. The Labute approximate surface area is 62.6 Å². The predicted octanol–water partition coefficient (Wildman–Crippen LogP) is 0.365. The first-order valence-corrected chi connectivity index (χ1v) is 3.27. The van der Waals surface area contributed by atoms with Crippen LogP contribution in [0.5, 0.6) is 0 Å². The van der Waals surface area contributed by atoms with Gasteiger partial charge in [0, 0.05) is 6.04 Å². The highest BCUT2D eigenvalue weighted by Gasteiger charge is 2.15. The first-order valence-electron chi connectivity index (χ1n) is 3.27. The van der Waals surface area contributed by atoms with Crippen molar-refractivity contribution in [3.05, 3.63) is 0 Å². The molecule has 0 amide bonds. The van der Waals surface area contributed by atoms with Gasteiger partial charge in [-0.15, -0.1) is 12.4 Å². The van der Waals surface area contributed by atoms with Crippen LogP contribution in [0.1, 0.15) is 13.3 Å². The third-order valence-electron chi connectivity index (χ3n) is 1.85. The van der Waals surface area contributed by atoms with E-state index in [1.165, 1.54) is 0 Å². The minimum absolute atomic E-state index is 0. The van der Waals surface area contributed by atoms with E-state index >= 15 is 0 Å². The van der Waals surface area contributed by atoms with Crippen molar-refractivity contribution >= 4 is 12.4 Å². The third kappa shape index (κ3) is 2.52. The Morgan fingerprint density at radius 3 is 2.56 bits per heavy atom. The molecule has 0 aromatic carbocycles. The largest absolute Gasteiger partial charge is 0.327 e. The van der Waals surface area contributed by atoms with E-state index in [2.05, 4.69) is 12.2 Å². The van der Waals surface area contributed by atoms with Gasteiger partial charge in [-0.2, -0.15) is 0 Å². The molecule has 0 saturated carbocycles. The van der Waals surface area contributed by atoms with Gasteiger partial charge >= 0.3 is 0 Å². The number of rotatable bonds is 0. The van der Waals surface area contributed by atoms with Gasteiger partial charge in [0.15, 0.2) is 0 Å². The molecule has 9 heavy (non-hydrogen) atoms. The minimum atomic E-state index is 0. The van der Waals surface area contributed by atoms with E-state index in [-0.39, 0.29) is 12.4 Å². The van der Waals surface area contributed by atoms with Crippen LogP contribution in [0.4, 0.5) is 0 Å². The van der Waals surface area contributed by atoms with Crippen molar-refractivity contribution in [2.75, 3.05) is 13.1 Å². The summed E-state index contributed by atoms with van der Waals surface area (Å²) in [5, 5.41) is 3.28. The molecule has 1 heterocycles. The zero-order valence-corrected chi connectivity index (χ0v) is 6.58. The van der Waals surface area contributed by atoms with Crippen molar-refractivity contribution < 1.29 is 0 Å². The molecule has 0 spiro atoms. The number of hydrogen-bond acceptors (Lipinski definition) is 2. The fraction of sp³-hybridized carbons (Fsp3) is 1.00. The molecule has 2 atom stereocenters. The maximum atomic E-state index is 5.74. The lowest BCUT2D eigenvalue weighted by Crippen LogP contribution is -2.43. The maximum Gasteiger partial charge on any atom is 0.00887 e. The Kier molecular flexibility index (Phi) is 4.19. The molecule has 1 rings (SSSR count). The van der Waals surface area contributed by atoms with E-state index in [0.717, 1.165) is 19.5 Å². The normalized spacial score (nSPS) is 35.3. The fourth-order valence-electron chi connectivity index (χ4n) is 1.03. The summed E-state index contributed by atoms with van der Waals surface area (Å²) < 4.78 is 0. The molecule has 3 N–H and O–H groups in total. The lowest BCUT2D eigenvalue weighted by atomic mass is 9.97. The lowest BCUT2D eigenvalue weighted by molar-refractivity contribution is 0.349. The van der Waals surface area contributed by atoms with Gasteiger partial charge < -0.3 is 11.1 Å². The van der Waals surface area contributed by atoms with Crippen molar-refractivity contribution in [2.45, 2.75) is 19.4 Å². The highest BCUT2D eigenvalue weighted by Crippen LogP contribution is 2.06. The summed E-state index contributed by atoms with van der Waals surface area (Å²) in [7, 11) is 0. The molecular formula is C6H15ClN2. The molecule has 0 radical (unpaired) electrons. The number of nitrogens with one attached hydrogen (secondary N) is 1. The second-order valence-corrected chi connectivity index (χ2v) is 2.63. The Morgan fingerprint density at radius 1 is 1.56 bits per heavy atom. The first kappa shape index (κ1) is 9.21. The first-order chi connectivity index (χ1) is 3.80. The van der Waals surface area contributed by atoms with Crippen LogP contribution in [0.2, 0.25) is 0 Å². The minimum Gasteiger partial charge on any atom is -0.327 e. The molecule has 0 aromatic heterocycles. The number of piperidine rings is 1. The van der Waals surface area contributed by atoms with Crippen LogP contribution in [0.25, 0.3) is 0 Å². The summed E-state index contributed by atoms with van der Waals surface area (Å²) in [5.74, 6) is 0.670. The Hall–Kier alpha value is 0.210. The van der Waals surface area contributed by atoms with Crippen molar-refractivity contribution in [1.29, 1.82) is 0 Å². The standard InChI is InChI=1S/C6H14N2.ClH/c1-5-4-8-3-2-6(5)7;/h5-6,8H,2-4,7H2,1H3;1H/t5-,6+;/m1./s1. The molecule has 0 aromatic rings. The van der Waals surface area contributed by atoms with Gasteiger partial charge in [0.05, 0.1) is 0 Å². The maximum absolute atomic E-state index is 5.74. The quantitative estimate of drug-likeness (QED) is 0.524. The van der Waals surface area contributed by atoms with E-state index in [4.69, 9.17) is 5.73 Å². The van der Waals surface area contributed by atoms with Crippen molar-refractivity contribution in [2.24, 2.45) is 11.7 Å². The van der Waals surface area contributed by atoms with E-state index in [0.29, 0.717) is 12.0 Å². The second-order valence-electron chi connectivity index (χ2n) is 2.63. The number of nitrogens with two attached hydrogens (primary N) is 1. The molecule has 1 aliphatic heterocycles. The topological polar surface area (TPSA) is 38.0 Å². The zero-order chi connectivity index (χ0) is 5.98. The van der Waals surface area contributed by atoms with Crippen molar-refractivity contribution in [3.8, 4) is 0 Å². The average Bonchev–Trinajstić information content (AvgIpc) is 1.77. The third-order valence-corrected chi connectivity index (χ3v) is 1.85. The molecule has 56 valence electrons. The van der Waals surface area contributed by atoms with Crippen LogP contribution in [0.3, 0.4) is 0 Å².